The second-order valence-corrected chi connectivity index (χ2v) is 12.3. The highest BCUT2D eigenvalue weighted by molar-refractivity contribution is 5.95. The Labute approximate surface area is 240 Å². The van der Waals surface area contributed by atoms with Crippen LogP contribution in [0, 0.1) is 11.8 Å². The van der Waals surface area contributed by atoms with Crippen LogP contribution in [0.15, 0.2) is 49.2 Å². The number of aryl methyl sites for hydroxylation is 1. The fraction of sp³-hybridized carbons (Fsp3) is 0.529. The Balaban J connectivity index is 1.68. The number of likely N-dealkylation sites (tertiary alicyclic amines) is 1. The van der Waals surface area contributed by atoms with E-state index in [1.165, 1.54) is 32.4 Å². The number of pyridine rings is 1. The minimum Gasteiger partial charge on any atom is -0.508 e. The third-order valence-electron chi connectivity index (χ3n) is 8.04. The molecule has 0 spiro atoms. The number of fused-ring (bicyclic) bond motifs is 1. The summed E-state index contributed by atoms with van der Waals surface area (Å²) in [5.74, 6) is 1.25. The lowest BCUT2D eigenvalue weighted by Gasteiger charge is -2.26. The SMILES string of the molecule is C=C(O)c1cccc(-c2nn3ccc(C(=O)N(CCC(C)C)CCC(C)C)cc3c2CCCN2CCCCC2)c1. The maximum Gasteiger partial charge on any atom is 0.253 e. The third kappa shape index (κ3) is 7.75. The van der Waals surface area contributed by atoms with Crippen LogP contribution in [0.4, 0.5) is 0 Å². The zero-order chi connectivity index (χ0) is 28.6. The van der Waals surface area contributed by atoms with E-state index in [9.17, 15) is 9.90 Å². The number of carbonyl (C=O) groups is 1. The topological polar surface area (TPSA) is 61.1 Å². The van der Waals surface area contributed by atoms with Crippen molar-refractivity contribution in [1.29, 1.82) is 0 Å². The molecule has 216 valence electrons. The number of piperidine rings is 1. The largest absolute Gasteiger partial charge is 0.508 e. The van der Waals surface area contributed by atoms with Crippen LogP contribution < -0.4 is 0 Å². The summed E-state index contributed by atoms with van der Waals surface area (Å²) in [6.07, 6.45) is 9.75. The van der Waals surface area contributed by atoms with Crippen LogP contribution >= 0.6 is 0 Å². The Hall–Kier alpha value is -3.12. The first-order valence-corrected chi connectivity index (χ1v) is 15.2. The zero-order valence-corrected chi connectivity index (χ0v) is 25.0. The van der Waals surface area contributed by atoms with Crippen molar-refractivity contribution in [2.45, 2.75) is 72.6 Å². The van der Waals surface area contributed by atoms with Gasteiger partial charge in [-0.15, -0.1) is 0 Å². The van der Waals surface area contributed by atoms with Gasteiger partial charge in [0.15, 0.2) is 0 Å². The van der Waals surface area contributed by atoms with Crippen molar-refractivity contribution in [3.05, 3.63) is 65.9 Å². The molecular formula is C34H48N4O2. The van der Waals surface area contributed by atoms with Crippen LogP contribution in [0.5, 0.6) is 0 Å². The zero-order valence-electron chi connectivity index (χ0n) is 25.0. The number of benzene rings is 1. The third-order valence-corrected chi connectivity index (χ3v) is 8.04. The van der Waals surface area contributed by atoms with Crippen LogP contribution in [0.25, 0.3) is 22.5 Å². The summed E-state index contributed by atoms with van der Waals surface area (Å²) < 4.78 is 1.91. The summed E-state index contributed by atoms with van der Waals surface area (Å²) >= 11 is 0. The van der Waals surface area contributed by atoms with Crippen molar-refractivity contribution in [3.63, 3.8) is 0 Å². The molecule has 3 aromatic rings. The van der Waals surface area contributed by atoms with Crippen molar-refractivity contribution in [2.24, 2.45) is 11.8 Å². The average Bonchev–Trinajstić information content (AvgIpc) is 3.31. The maximum atomic E-state index is 13.8. The lowest BCUT2D eigenvalue weighted by molar-refractivity contribution is 0.0741. The van der Waals surface area contributed by atoms with Gasteiger partial charge in [0, 0.05) is 41.5 Å². The number of aliphatic hydroxyl groups is 1. The molecule has 1 aliphatic rings. The van der Waals surface area contributed by atoms with E-state index in [0.29, 0.717) is 17.4 Å². The summed E-state index contributed by atoms with van der Waals surface area (Å²) in [6.45, 7) is 17.5. The van der Waals surface area contributed by atoms with E-state index in [-0.39, 0.29) is 11.7 Å². The van der Waals surface area contributed by atoms with Crippen LogP contribution in [-0.4, -0.2) is 63.2 Å². The first kappa shape index (κ1) is 29.9. The Morgan fingerprint density at radius 1 is 1.00 bits per heavy atom. The van der Waals surface area contributed by atoms with Crippen molar-refractivity contribution >= 4 is 17.2 Å². The number of hydrogen-bond donors (Lipinski definition) is 1. The van der Waals surface area contributed by atoms with Crippen LogP contribution in [0.3, 0.4) is 0 Å². The Morgan fingerprint density at radius 3 is 2.35 bits per heavy atom. The molecule has 0 saturated carbocycles. The van der Waals surface area contributed by atoms with E-state index in [1.807, 2.05) is 52.0 Å². The summed E-state index contributed by atoms with van der Waals surface area (Å²) in [7, 11) is 0. The molecule has 3 heterocycles. The van der Waals surface area contributed by atoms with E-state index < -0.39 is 0 Å². The molecule has 1 aliphatic heterocycles. The lowest BCUT2D eigenvalue weighted by atomic mass is 9.99. The van der Waals surface area contributed by atoms with Gasteiger partial charge in [-0.25, -0.2) is 4.52 Å². The normalized spacial score (nSPS) is 14.3. The van der Waals surface area contributed by atoms with Crippen LogP contribution in [0.1, 0.15) is 87.7 Å². The van der Waals surface area contributed by atoms with Gasteiger partial charge in [0.05, 0.1) is 11.2 Å². The fourth-order valence-corrected chi connectivity index (χ4v) is 5.54. The van der Waals surface area contributed by atoms with Gasteiger partial charge in [0.25, 0.3) is 5.91 Å². The Kier molecular flexibility index (Phi) is 10.4. The molecule has 0 unspecified atom stereocenters. The number of aliphatic hydroxyl groups excluding tert-OH is 1. The Bertz CT molecular complexity index is 1270. The Morgan fingerprint density at radius 2 is 1.70 bits per heavy atom. The van der Waals surface area contributed by atoms with Gasteiger partial charge >= 0.3 is 0 Å². The second-order valence-electron chi connectivity index (χ2n) is 12.3. The molecule has 4 rings (SSSR count). The van der Waals surface area contributed by atoms with Gasteiger partial charge in [0.1, 0.15) is 5.76 Å². The van der Waals surface area contributed by atoms with Gasteiger partial charge in [-0.2, -0.15) is 5.10 Å². The van der Waals surface area contributed by atoms with Crippen LogP contribution in [0.2, 0.25) is 0 Å². The molecule has 2 aromatic heterocycles. The van der Waals surface area contributed by atoms with Gasteiger partial charge in [0.2, 0.25) is 0 Å². The number of nitrogens with zero attached hydrogens (tertiary/aromatic N) is 4. The molecule has 6 nitrogen and oxygen atoms in total. The molecule has 40 heavy (non-hydrogen) atoms. The molecule has 1 aromatic carbocycles. The van der Waals surface area contributed by atoms with E-state index in [2.05, 4.69) is 39.2 Å². The molecule has 1 fully saturated rings. The van der Waals surface area contributed by atoms with Crippen molar-refractivity contribution in [1.82, 2.24) is 19.4 Å². The predicted molar refractivity (Wildman–Crippen MR) is 166 cm³/mol. The average molecular weight is 545 g/mol. The number of amides is 1. The molecule has 0 bridgehead atoms. The van der Waals surface area contributed by atoms with Crippen LogP contribution in [-0.2, 0) is 6.42 Å². The first-order valence-electron chi connectivity index (χ1n) is 15.2. The van der Waals surface area contributed by atoms with Crippen molar-refractivity contribution < 1.29 is 9.90 Å². The summed E-state index contributed by atoms with van der Waals surface area (Å²) in [6, 6.07) is 11.7. The predicted octanol–water partition coefficient (Wildman–Crippen LogP) is 7.48. The number of rotatable bonds is 13. The highest BCUT2D eigenvalue weighted by Gasteiger charge is 2.21. The maximum absolute atomic E-state index is 13.8. The second kappa shape index (κ2) is 14.0. The van der Waals surface area contributed by atoms with Gasteiger partial charge in [-0.05, 0) is 88.2 Å². The van der Waals surface area contributed by atoms with Gasteiger partial charge in [-0.1, -0.05) is 58.9 Å². The minimum atomic E-state index is 0.0491. The lowest BCUT2D eigenvalue weighted by Crippen LogP contribution is -2.34. The van der Waals surface area contributed by atoms with Gasteiger partial charge in [-0.3, -0.25) is 4.79 Å². The highest BCUT2D eigenvalue weighted by atomic mass is 16.3. The van der Waals surface area contributed by atoms with Gasteiger partial charge < -0.3 is 14.9 Å². The molecule has 1 saturated heterocycles. The first-order chi connectivity index (χ1) is 19.2. The smallest absolute Gasteiger partial charge is 0.253 e. The van der Waals surface area contributed by atoms with Crippen molar-refractivity contribution in [2.75, 3.05) is 32.7 Å². The van der Waals surface area contributed by atoms with E-state index in [0.717, 1.165) is 73.2 Å². The number of aromatic nitrogens is 2. The number of carbonyl (C=O) groups excluding carboxylic acids is 1. The molecule has 0 aliphatic carbocycles. The molecular weight excluding hydrogens is 496 g/mol. The van der Waals surface area contributed by atoms with E-state index >= 15 is 0 Å². The molecule has 1 amide bonds. The molecule has 1 N–H and O–H groups in total. The quantitative estimate of drug-likeness (QED) is 0.227. The van der Waals surface area contributed by atoms with Crippen molar-refractivity contribution in [3.8, 4) is 11.3 Å². The standard InChI is InChI=1S/C34H48N4O2/c1-25(2)14-20-37(21-15-26(3)4)34(40)30-16-22-38-32(24-30)31(13-10-19-36-17-7-6-8-18-36)33(35-38)29-12-9-11-28(23-29)27(5)39/h9,11-12,16,22-26,39H,5-8,10,13-15,17-21H2,1-4H3. The van der Waals surface area contributed by atoms with E-state index in [4.69, 9.17) is 5.10 Å². The molecule has 6 heteroatoms. The monoisotopic (exact) mass is 544 g/mol. The summed E-state index contributed by atoms with van der Waals surface area (Å²) in [4.78, 5) is 18.4. The molecule has 0 atom stereocenters. The number of hydrogen-bond acceptors (Lipinski definition) is 4. The summed E-state index contributed by atoms with van der Waals surface area (Å²) in [5.41, 5.74) is 5.41. The van der Waals surface area contributed by atoms with E-state index in [1.54, 1.807) is 0 Å². The highest BCUT2D eigenvalue weighted by Crippen LogP contribution is 2.30. The minimum absolute atomic E-state index is 0.0491. The molecule has 0 radical (unpaired) electrons. The summed E-state index contributed by atoms with van der Waals surface area (Å²) in [5, 5.41) is 15.0. The fourth-order valence-electron chi connectivity index (χ4n) is 5.54.